The smallest absolute Gasteiger partial charge is 0.422 e. The van der Waals surface area contributed by atoms with Crippen LogP contribution in [-0.4, -0.2) is 28.2 Å². The Bertz CT molecular complexity index is 1240. The molecule has 4 rings (SSSR count). The van der Waals surface area contributed by atoms with Crippen molar-refractivity contribution in [2.24, 2.45) is 0 Å². The highest BCUT2D eigenvalue weighted by atomic mass is 19.4. The molecule has 5 nitrogen and oxygen atoms in total. The average Bonchev–Trinajstić information content (AvgIpc) is 3.51. The number of hydrogen-bond acceptors (Lipinski definition) is 4. The zero-order valence-electron chi connectivity index (χ0n) is 17.2. The minimum Gasteiger partial charge on any atom is -0.482 e. The number of hydrogen-bond donors (Lipinski definition) is 1. The maximum Gasteiger partial charge on any atom is 0.422 e. The number of carbonyl (C=O) groups is 1. The van der Waals surface area contributed by atoms with E-state index >= 15 is 0 Å². The van der Waals surface area contributed by atoms with Gasteiger partial charge in [0.05, 0.1) is 16.9 Å². The molecule has 3 aromatic rings. The zero-order valence-corrected chi connectivity index (χ0v) is 17.2. The van der Waals surface area contributed by atoms with Crippen molar-refractivity contribution in [1.29, 1.82) is 0 Å². The van der Waals surface area contributed by atoms with Gasteiger partial charge in [-0.3, -0.25) is 14.2 Å². The Balaban J connectivity index is 1.60. The molecule has 172 valence electrons. The monoisotopic (exact) mass is 461 g/mol. The lowest BCUT2D eigenvalue weighted by atomic mass is 10.0. The first-order chi connectivity index (χ1) is 15.6. The standard InChI is InChI=1S/C24H19F4NO4/c25-17-7-8-19(21(13-17)33-14-24(26,27)28)29-11-1-2-18(22(29)31)20(30)12-15-3-5-16(6-4-15)23(32)9-10-23/h1-8,11,13,32H,9-10,12,14H2. The molecule has 9 heteroatoms. The number of pyridine rings is 1. The molecule has 0 unspecified atom stereocenters. The number of benzene rings is 2. The molecule has 1 N–H and O–H groups in total. The van der Waals surface area contributed by atoms with Crippen molar-refractivity contribution in [3.05, 3.63) is 93.7 Å². The van der Waals surface area contributed by atoms with E-state index in [1.165, 1.54) is 18.3 Å². The summed E-state index contributed by atoms with van der Waals surface area (Å²) in [6.07, 6.45) is -2.10. The topological polar surface area (TPSA) is 68.5 Å². The van der Waals surface area contributed by atoms with Gasteiger partial charge in [0.25, 0.3) is 5.56 Å². The number of carbonyl (C=O) groups excluding carboxylic acids is 1. The zero-order chi connectivity index (χ0) is 23.8. The number of rotatable bonds is 7. The Hall–Kier alpha value is -3.46. The molecule has 1 aliphatic carbocycles. The summed E-state index contributed by atoms with van der Waals surface area (Å²) in [5.41, 5.74) is -0.454. The molecule has 0 radical (unpaired) electrons. The number of nitrogens with zero attached hydrogens (tertiary/aromatic N) is 1. The number of ether oxygens (including phenoxy) is 1. The van der Waals surface area contributed by atoms with E-state index in [0.717, 1.165) is 28.3 Å². The predicted molar refractivity (Wildman–Crippen MR) is 111 cm³/mol. The van der Waals surface area contributed by atoms with Crippen LogP contribution in [0.3, 0.4) is 0 Å². The van der Waals surface area contributed by atoms with Crippen LogP contribution in [0.5, 0.6) is 5.75 Å². The third kappa shape index (κ3) is 5.14. The van der Waals surface area contributed by atoms with Crippen LogP contribution in [0.15, 0.2) is 65.6 Å². The summed E-state index contributed by atoms with van der Waals surface area (Å²) in [4.78, 5) is 25.8. The number of aliphatic hydroxyl groups is 1. The van der Waals surface area contributed by atoms with Gasteiger partial charge in [-0.05, 0) is 48.2 Å². The third-order valence-electron chi connectivity index (χ3n) is 5.40. The first-order valence-electron chi connectivity index (χ1n) is 10.1. The molecule has 0 bridgehead atoms. The van der Waals surface area contributed by atoms with Gasteiger partial charge in [0.1, 0.15) is 11.6 Å². The summed E-state index contributed by atoms with van der Waals surface area (Å²) in [6.45, 7) is -1.66. The highest BCUT2D eigenvalue weighted by Gasteiger charge is 2.41. The largest absolute Gasteiger partial charge is 0.482 e. The third-order valence-corrected chi connectivity index (χ3v) is 5.40. The first-order valence-corrected chi connectivity index (χ1v) is 10.1. The molecule has 33 heavy (non-hydrogen) atoms. The van der Waals surface area contributed by atoms with Crippen LogP contribution in [0, 0.1) is 5.82 Å². The Morgan fingerprint density at radius 3 is 2.42 bits per heavy atom. The van der Waals surface area contributed by atoms with E-state index in [2.05, 4.69) is 0 Å². The van der Waals surface area contributed by atoms with E-state index < -0.39 is 41.3 Å². The van der Waals surface area contributed by atoms with Crippen molar-refractivity contribution in [1.82, 2.24) is 4.57 Å². The summed E-state index contributed by atoms with van der Waals surface area (Å²) in [5, 5.41) is 10.1. The van der Waals surface area contributed by atoms with Crippen molar-refractivity contribution in [2.75, 3.05) is 6.61 Å². The quantitative estimate of drug-likeness (QED) is 0.420. The number of Topliss-reactive ketones (excluding diaryl/α,β-unsaturated/α-hetero) is 1. The van der Waals surface area contributed by atoms with Gasteiger partial charge in [-0.2, -0.15) is 13.2 Å². The normalized spacial score (nSPS) is 14.7. The van der Waals surface area contributed by atoms with Crippen molar-refractivity contribution < 1.29 is 32.2 Å². The SMILES string of the molecule is O=C(Cc1ccc(C2(O)CC2)cc1)c1cccn(-c2ccc(F)cc2OCC(F)(F)F)c1=O. The van der Waals surface area contributed by atoms with Crippen LogP contribution in [0.25, 0.3) is 5.69 Å². The molecule has 1 heterocycles. The molecular formula is C24H19F4NO4. The summed E-state index contributed by atoms with van der Waals surface area (Å²) in [6, 6.07) is 12.4. The van der Waals surface area contributed by atoms with Crippen LogP contribution >= 0.6 is 0 Å². The molecule has 1 fully saturated rings. The van der Waals surface area contributed by atoms with Gasteiger partial charge in [-0.1, -0.05) is 24.3 Å². The van der Waals surface area contributed by atoms with Gasteiger partial charge in [0.15, 0.2) is 12.4 Å². The average molecular weight is 461 g/mol. The fraction of sp³-hybridized carbons (Fsp3) is 0.250. The summed E-state index contributed by atoms with van der Waals surface area (Å²) in [7, 11) is 0. The van der Waals surface area contributed by atoms with E-state index in [-0.39, 0.29) is 17.7 Å². The molecule has 0 saturated heterocycles. The molecule has 0 atom stereocenters. The lowest BCUT2D eigenvalue weighted by molar-refractivity contribution is -0.153. The van der Waals surface area contributed by atoms with Gasteiger partial charge in [-0.25, -0.2) is 4.39 Å². The van der Waals surface area contributed by atoms with Gasteiger partial charge in [0.2, 0.25) is 0 Å². The number of halogens is 4. The molecule has 0 spiro atoms. The highest BCUT2D eigenvalue weighted by molar-refractivity contribution is 5.97. The fourth-order valence-corrected chi connectivity index (χ4v) is 3.48. The highest BCUT2D eigenvalue weighted by Crippen LogP contribution is 2.45. The van der Waals surface area contributed by atoms with Crippen molar-refractivity contribution in [3.8, 4) is 11.4 Å². The van der Waals surface area contributed by atoms with E-state index in [4.69, 9.17) is 4.74 Å². The predicted octanol–water partition coefficient (Wildman–Crippen LogP) is 4.32. The van der Waals surface area contributed by atoms with E-state index in [1.807, 2.05) is 0 Å². The molecule has 1 saturated carbocycles. The van der Waals surface area contributed by atoms with E-state index in [1.54, 1.807) is 24.3 Å². The van der Waals surface area contributed by atoms with Crippen LogP contribution in [0.2, 0.25) is 0 Å². The Kier molecular flexibility index (Phi) is 5.84. The molecule has 1 aliphatic rings. The van der Waals surface area contributed by atoms with Crippen LogP contribution in [-0.2, 0) is 12.0 Å². The lowest BCUT2D eigenvalue weighted by Crippen LogP contribution is -2.26. The molecular weight excluding hydrogens is 442 g/mol. The van der Waals surface area contributed by atoms with E-state index in [9.17, 15) is 32.3 Å². The fourth-order valence-electron chi connectivity index (χ4n) is 3.48. The van der Waals surface area contributed by atoms with Crippen molar-refractivity contribution in [2.45, 2.75) is 31.0 Å². The summed E-state index contributed by atoms with van der Waals surface area (Å²) in [5.74, 6) is -1.81. The second-order valence-electron chi connectivity index (χ2n) is 7.94. The van der Waals surface area contributed by atoms with E-state index in [0.29, 0.717) is 18.4 Å². The maximum absolute atomic E-state index is 13.6. The van der Waals surface area contributed by atoms with Crippen LogP contribution < -0.4 is 10.3 Å². The summed E-state index contributed by atoms with van der Waals surface area (Å²) < 4.78 is 57.0. The number of aromatic nitrogens is 1. The molecule has 2 aromatic carbocycles. The Morgan fingerprint density at radius 1 is 1.09 bits per heavy atom. The molecule has 0 aliphatic heterocycles. The summed E-state index contributed by atoms with van der Waals surface area (Å²) >= 11 is 0. The first kappa shape index (κ1) is 22.7. The minimum atomic E-state index is -4.66. The van der Waals surface area contributed by atoms with Crippen LogP contribution in [0.4, 0.5) is 17.6 Å². The second-order valence-corrected chi connectivity index (χ2v) is 7.94. The van der Waals surface area contributed by atoms with Gasteiger partial charge < -0.3 is 9.84 Å². The number of ketones is 1. The van der Waals surface area contributed by atoms with Gasteiger partial charge in [-0.15, -0.1) is 0 Å². The van der Waals surface area contributed by atoms with Gasteiger partial charge >= 0.3 is 6.18 Å². The maximum atomic E-state index is 13.6. The van der Waals surface area contributed by atoms with Gasteiger partial charge in [0, 0.05) is 18.7 Å². The van der Waals surface area contributed by atoms with Crippen molar-refractivity contribution in [3.63, 3.8) is 0 Å². The Morgan fingerprint density at radius 2 is 1.79 bits per heavy atom. The lowest BCUT2D eigenvalue weighted by Gasteiger charge is -2.15. The van der Waals surface area contributed by atoms with Crippen molar-refractivity contribution >= 4 is 5.78 Å². The van der Waals surface area contributed by atoms with Crippen LogP contribution in [0.1, 0.15) is 34.3 Å². The second kappa shape index (κ2) is 8.47. The Labute approximate surface area is 185 Å². The number of alkyl halides is 3. The minimum absolute atomic E-state index is 0.0845. The molecule has 1 aromatic heterocycles. The molecule has 0 amide bonds.